The molecular weight excluding hydrogens is 312 g/mol. The van der Waals surface area contributed by atoms with Crippen LogP contribution in [0.2, 0.25) is 0 Å². The van der Waals surface area contributed by atoms with Crippen LogP contribution in [0.4, 0.5) is 26.2 Å². The average molecular weight is 327 g/mol. The summed E-state index contributed by atoms with van der Waals surface area (Å²) in [6.07, 6.45) is 1.30. The summed E-state index contributed by atoms with van der Waals surface area (Å²) in [6.45, 7) is 1.95. The quantitative estimate of drug-likeness (QED) is 0.740. The Morgan fingerprint density at radius 2 is 1.67 bits per heavy atom. The Bertz CT molecular complexity index is 806. The zero-order valence-corrected chi connectivity index (χ0v) is 12.9. The molecule has 0 fully saturated rings. The average Bonchev–Trinajstić information content (AvgIpc) is 2.59. The minimum absolute atomic E-state index is 0.0477. The van der Waals surface area contributed by atoms with E-state index in [-0.39, 0.29) is 23.5 Å². The van der Waals surface area contributed by atoms with E-state index < -0.39 is 11.6 Å². The molecule has 0 aliphatic heterocycles. The van der Waals surface area contributed by atoms with Gasteiger partial charge < -0.3 is 10.6 Å². The first kappa shape index (κ1) is 15.8. The maximum atomic E-state index is 13.7. The molecule has 3 aromatic rings. The Hall–Kier alpha value is -3.09. The normalized spacial score (nSPS) is 11.8. The van der Waals surface area contributed by atoms with Crippen molar-refractivity contribution in [2.45, 2.75) is 13.0 Å². The first-order valence-corrected chi connectivity index (χ1v) is 7.36. The summed E-state index contributed by atoms with van der Waals surface area (Å²) in [5.41, 5.74) is 0.777. The Kier molecular flexibility index (Phi) is 4.60. The third kappa shape index (κ3) is 3.62. The Morgan fingerprint density at radius 1 is 0.958 bits per heavy atom. The monoisotopic (exact) mass is 327 g/mol. The number of hydrogen-bond acceptors (Lipinski definition) is 5. The standard InChI is InChI=1S/C17H15F2N5/c1-11(12-6-3-2-4-7-12)21-17-23-15(10-20-24-17)22-16-13(18)8-5-9-14(16)19/h2-11H,1H3,(H2,21,22,23,24). The summed E-state index contributed by atoms with van der Waals surface area (Å²) in [4.78, 5) is 4.19. The summed E-state index contributed by atoms with van der Waals surface area (Å²) >= 11 is 0. The van der Waals surface area contributed by atoms with Crippen LogP contribution in [0.1, 0.15) is 18.5 Å². The molecule has 24 heavy (non-hydrogen) atoms. The van der Waals surface area contributed by atoms with Gasteiger partial charge in [-0.2, -0.15) is 10.1 Å². The minimum atomic E-state index is -0.708. The van der Waals surface area contributed by atoms with E-state index in [1.54, 1.807) is 0 Å². The highest BCUT2D eigenvalue weighted by Crippen LogP contribution is 2.22. The van der Waals surface area contributed by atoms with Crippen LogP contribution in [-0.2, 0) is 0 Å². The lowest BCUT2D eigenvalue weighted by molar-refractivity contribution is 0.590. The van der Waals surface area contributed by atoms with Crippen LogP contribution in [0.5, 0.6) is 0 Å². The van der Waals surface area contributed by atoms with Crippen LogP contribution in [0, 0.1) is 11.6 Å². The smallest absolute Gasteiger partial charge is 0.245 e. The van der Waals surface area contributed by atoms with Crippen LogP contribution >= 0.6 is 0 Å². The number of rotatable bonds is 5. The van der Waals surface area contributed by atoms with E-state index in [1.165, 1.54) is 12.3 Å². The summed E-state index contributed by atoms with van der Waals surface area (Å²) in [6, 6.07) is 13.3. The fraction of sp³-hybridized carbons (Fsp3) is 0.118. The van der Waals surface area contributed by atoms with Crippen molar-refractivity contribution in [3.8, 4) is 0 Å². The Morgan fingerprint density at radius 3 is 2.38 bits per heavy atom. The first-order chi connectivity index (χ1) is 11.6. The van der Waals surface area contributed by atoms with E-state index in [0.717, 1.165) is 17.7 Å². The molecule has 2 N–H and O–H groups in total. The lowest BCUT2D eigenvalue weighted by Crippen LogP contribution is -2.11. The maximum absolute atomic E-state index is 13.7. The largest absolute Gasteiger partial charge is 0.346 e. The summed E-state index contributed by atoms with van der Waals surface area (Å²) < 4.78 is 27.4. The molecule has 0 saturated carbocycles. The van der Waals surface area contributed by atoms with E-state index in [2.05, 4.69) is 25.8 Å². The van der Waals surface area contributed by atoms with Gasteiger partial charge in [0.15, 0.2) is 5.82 Å². The van der Waals surface area contributed by atoms with Crippen molar-refractivity contribution in [2.75, 3.05) is 10.6 Å². The predicted octanol–water partition coefficient (Wildman–Crippen LogP) is 4.07. The number of aromatic nitrogens is 3. The highest BCUT2D eigenvalue weighted by atomic mass is 19.1. The molecule has 3 rings (SSSR count). The summed E-state index contributed by atoms with van der Waals surface area (Å²) in [5.74, 6) is -0.966. The van der Waals surface area contributed by atoms with Gasteiger partial charge in [0.2, 0.25) is 5.95 Å². The van der Waals surface area contributed by atoms with Crippen LogP contribution < -0.4 is 10.6 Å². The number of nitrogens with one attached hydrogen (secondary N) is 2. The number of hydrogen-bond donors (Lipinski definition) is 2. The van der Waals surface area contributed by atoms with Crippen LogP contribution in [-0.4, -0.2) is 15.2 Å². The Labute approximate surface area is 137 Å². The lowest BCUT2D eigenvalue weighted by atomic mass is 10.1. The van der Waals surface area contributed by atoms with Gasteiger partial charge in [-0.25, -0.2) is 8.78 Å². The number of halogens is 2. The molecule has 1 aromatic heterocycles. The minimum Gasteiger partial charge on any atom is -0.346 e. The van der Waals surface area contributed by atoms with E-state index >= 15 is 0 Å². The molecule has 5 nitrogen and oxygen atoms in total. The third-order valence-corrected chi connectivity index (χ3v) is 3.42. The van der Waals surface area contributed by atoms with Gasteiger partial charge in [-0.1, -0.05) is 36.4 Å². The maximum Gasteiger partial charge on any atom is 0.245 e. The molecule has 2 aromatic carbocycles. The molecule has 1 atom stereocenters. The molecule has 0 aliphatic carbocycles. The second kappa shape index (κ2) is 6.99. The van der Waals surface area contributed by atoms with Crippen molar-refractivity contribution in [1.29, 1.82) is 0 Å². The lowest BCUT2D eigenvalue weighted by Gasteiger charge is -2.14. The molecule has 0 aliphatic rings. The second-order valence-electron chi connectivity index (χ2n) is 5.16. The van der Waals surface area contributed by atoms with Gasteiger partial charge in [-0.3, -0.25) is 0 Å². The highest BCUT2D eigenvalue weighted by molar-refractivity contribution is 5.57. The van der Waals surface area contributed by atoms with Crippen molar-refractivity contribution < 1.29 is 8.78 Å². The number of benzene rings is 2. The van der Waals surface area contributed by atoms with Crippen molar-refractivity contribution >= 4 is 17.5 Å². The zero-order valence-electron chi connectivity index (χ0n) is 12.9. The zero-order chi connectivity index (χ0) is 16.9. The summed E-state index contributed by atoms with van der Waals surface area (Å²) in [7, 11) is 0. The van der Waals surface area contributed by atoms with Gasteiger partial charge in [0.1, 0.15) is 17.3 Å². The molecular formula is C17H15F2N5. The van der Waals surface area contributed by atoms with Gasteiger partial charge in [-0.15, -0.1) is 5.10 Å². The van der Waals surface area contributed by atoms with E-state index in [1.807, 2.05) is 37.3 Å². The highest BCUT2D eigenvalue weighted by Gasteiger charge is 2.11. The van der Waals surface area contributed by atoms with Crippen molar-refractivity contribution in [1.82, 2.24) is 15.2 Å². The van der Waals surface area contributed by atoms with Gasteiger partial charge in [0.25, 0.3) is 0 Å². The van der Waals surface area contributed by atoms with Crippen LogP contribution in [0.25, 0.3) is 0 Å². The molecule has 0 bridgehead atoms. The van der Waals surface area contributed by atoms with Crippen LogP contribution in [0.15, 0.2) is 54.7 Å². The van der Waals surface area contributed by atoms with Gasteiger partial charge in [0.05, 0.1) is 12.2 Å². The fourth-order valence-corrected chi connectivity index (χ4v) is 2.19. The number of nitrogens with zero attached hydrogens (tertiary/aromatic N) is 3. The van der Waals surface area contributed by atoms with Gasteiger partial charge in [0, 0.05) is 0 Å². The SMILES string of the molecule is CC(Nc1nncc(Nc2c(F)cccc2F)n1)c1ccccc1. The number of para-hydroxylation sites is 1. The number of anilines is 3. The second-order valence-corrected chi connectivity index (χ2v) is 5.16. The van der Waals surface area contributed by atoms with Crippen molar-refractivity contribution in [3.63, 3.8) is 0 Å². The van der Waals surface area contributed by atoms with Gasteiger partial charge in [-0.05, 0) is 24.6 Å². The van der Waals surface area contributed by atoms with Crippen molar-refractivity contribution in [2.24, 2.45) is 0 Å². The molecule has 1 unspecified atom stereocenters. The first-order valence-electron chi connectivity index (χ1n) is 7.36. The van der Waals surface area contributed by atoms with Gasteiger partial charge >= 0.3 is 0 Å². The molecule has 0 radical (unpaired) electrons. The molecule has 1 heterocycles. The van der Waals surface area contributed by atoms with Crippen molar-refractivity contribution in [3.05, 3.63) is 71.9 Å². The third-order valence-electron chi connectivity index (χ3n) is 3.42. The van der Waals surface area contributed by atoms with Crippen LogP contribution in [0.3, 0.4) is 0 Å². The molecule has 122 valence electrons. The summed E-state index contributed by atoms with van der Waals surface area (Å²) in [5, 5.41) is 13.4. The molecule has 7 heteroatoms. The van der Waals surface area contributed by atoms with E-state index in [4.69, 9.17) is 0 Å². The predicted molar refractivity (Wildman–Crippen MR) is 87.9 cm³/mol. The molecule has 0 saturated heterocycles. The molecule has 0 amide bonds. The van der Waals surface area contributed by atoms with E-state index in [0.29, 0.717) is 0 Å². The fourth-order valence-electron chi connectivity index (χ4n) is 2.19. The van der Waals surface area contributed by atoms with E-state index in [9.17, 15) is 8.78 Å². The topological polar surface area (TPSA) is 62.7 Å². The Balaban J connectivity index is 1.77. The molecule has 0 spiro atoms.